The Labute approximate surface area is 210 Å². The Morgan fingerprint density at radius 2 is 1.44 bits per heavy atom. The van der Waals surface area contributed by atoms with E-state index in [1.807, 2.05) is 72.8 Å². The molecule has 4 nitrogen and oxygen atoms in total. The van der Waals surface area contributed by atoms with Crippen molar-refractivity contribution in [3.05, 3.63) is 125 Å². The van der Waals surface area contributed by atoms with Gasteiger partial charge in [0.05, 0.1) is 16.6 Å². The summed E-state index contributed by atoms with van der Waals surface area (Å²) in [7, 11) is 0. The van der Waals surface area contributed by atoms with Crippen LogP contribution in [0.3, 0.4) is 0 Å². The average Bonchev–Trinajstić information content (AvgIpc) is 2.89. The van der Waals surface area contributed by atoms with Crippen LogP contribution in [0.1, 0.15) is 38.3 Å². The molecule has 1 aromatic heterocycles. The van der Waals surface area contributed by atoms with Crippen molar-refractivity contribution < 1.29 is 4.74 Å². The standard InChI is InChI=1S/C32H28N2O2/c1-31(2)21-32(3,26-14-8-10-16-28(26)36-31)23-17-19-24(20-18-23)34-29(22-11-5-4-6-12-22)33-27-15-9-7-13-25(27)30(34)35/h4-20H,21H2,1-3H3. The summed E-state index contributed by atoms with van der Waals surface area (Å²) in [5.41, 5.74) is 4.19. The second-order valence-electron chi connectivity index (χ2n) is 10.4. The number of nitrogens with zero attached hydrogens (tertiary/aromatic N) is 2. The fraction of sp³-hybridized carbons (Fsp3) is 0.188. The molecule has 0 bridgehead atoms. The first kappa shape index (κ1) is 22.3. The zero-order valence-corrected chi connectivity index (χ0v) is 20.7. The van der Waals surface area contributed by atoms with Crippen molar-refractivity contribution in [2.45, 2.75) is 38.2 Å². The van der Waals surface area contributed by atoms with E-state index >= 15 is 0 Å². The Balaban J connectivity index is 1.52. The molecule has 4 aromatic carbocycles. The molecule has 0 spiro atoms. The smallest absolute Gasteiger partial charge is 0.266 e. The first-order chi connectivity index (χ1) is 17.4. The Kier molecular flexibility index (Phi) is 5.08. The number of rotatable bonds is 3. The van der Waals surface area contributed by atoms with E-state index in [0.29, 0.717) is 16.7 Å². The van der Waals surface area contributed by atoms with Crippen LogP contribution in [0.15, 0.2) is 108 Å². The molecule has 1 atom stereocenters. The van der Waals surface area contributed by atoms with E-state index in [4.69, 9.17) is 9.72 Å². The molecule has 5 aromatic rings. The van der Waals surface area contributed by atoms with E-state index in [9.17, 15) is 4.79 Å². The predicted molar refractivity (Wildman–Crippen MR) is 145 cm³/mol. The van der Waals surface area contributed by atoms with E-state index < -0.39 is 0 Å². The summed E-state index contributed by atoms with van der Waals surface area (Å²) in [6.07, 6.45) is 0.850. The highest BCUT2D eigenvalue weighted by molar-refractivity contribution is 5.80. The number of benzene rings is 4. The van der Waals surface area contributed by atoms with Crippen LogP contribution in [-0.2, 0) is 5.41 Å². The van der Waals surface area contributed by atoms with Gasteiger partial charge in [0.25, 0.3) is 5.56 Å². The fourth-order valence-corrected chi connectivity index (χ4v) is 5.68. The highest BCUT2D eigenvalue weighted by Crippen LogP contribution is 2.48. The van der Waals surface area contributed by atoms with E-state index in [0.717, 1.165) is 23.4 Å². The van der Waals surface area contributed by atoms with Gasteiger partial charge in [0.15, 0.2) is 0 Å². The van der Waals surface area contributed by atoms with E-state index in [-0.39, 0.29) is 16.6 Å². The molecular formula is C32H28N2O2. The molecule has 0 fully saturated rings. The highest BCUT2D eigenvalue weighted by atomic mass is 16.5. The van der Waals surface area contributed by atoms with Gasteiger partial charge in [0.2, 0.25) is 0 Å². The minimum Gasteiger partial charge on any atom is -0.488 e. The molecule has 4 heteroatoms. The maximum Gasteiger partial charge on any atom is 0.266 e. The molecule has 1 aliphatic heterocycles. The number of hydrogen-bond acceptors (Lipinski definition) is 3. The van der Waals surface area contributed by atoms with Gasteiger partial charge in [-0.2, -0.15) is 0 Å². The van der Waals surface area contributed by atoms with Crippen LogP contribution in [0.2, 0.25) is 0 Å². The van der Waals surface area contributed by atoms with Gasteiger partial charge in [0, 0.05) is 23.0 Å². The molecule has 0 radical (unpaired) electrons. The third kappa shape index (κ3) is 3.61. The molecule has 6 rings (SSSR count). The summed E-state index contributed by atoms with van der Waals surface area (Å²) in [6.45, 7) is 6.56. The van der Waals surface area contributed by atoms with Crippen LogP contribution < -0.4 is 10.3 Å². The van der Waals surface area contributed by atoms with Crippen molar-refractivity contribution in [3.63, 3.8) is 0 Å². The molecule has 2 heterocycles. The first-order valence-electron chi connectivity index (χ1n) is 12.3. The SMILES string of the molecule is CC1(C)CC(C)(c2ccc(-n3c(-c4ccccc4)nc4ccccc4c3=O)cc2)c2ccccc2O1. The first-order valence-corrected chi connectivity index (χ1v) is 12.3. The molecule has 178 valence electrons. The Morgan fingerprint density at radius 3 is 2.22 bits per heavy atom. The van der Waals surface area contributed by atoms with E-state index in [2.05, 4.69) is 51.1 Å². The summed E-state index contributed by atoms with van der Waals surface area (Å²) in [5.74, 6) is 1.57. The molecule has 0 saturated carbocycles. The van der Waals surface area contributed by atoms with Crippen LogP contribution in [0.25, 0.3) is 28.0 Å². The molecule has 1 aliphatic rings. The van der Waals surface area contributed by atoms with Crippen LogP contribution in [-0.4, -0.2) is 15.2 Å². The van der Waals surface area contributed by atoms with Crippen LogP contribution in [0.4, 0.5) is 0 Å². The van der Waals surface area contributed by atoms with Gasteiger partial charge in [0.1, 0.15) is 17.2 Å². The summed E-state index contributed by atoms with van der Waals surface area (Å²) >= 11 is 0. The average molecular weight is 473 g/mol. The lowest BCUT2D eigenvalue weighted by atomic mass is 9.68. The Morgan fingerprint density at radius 1 is 0.778 bits per heavy atom. The van der Waals surface area contributed by atoms with Gasteiger partial charge in [-0.15, -0.1) is 0 Å². The van der Waals surface area contributed by atoms with Gasteiger partial charge >= 0.3 is 0 Å². The summed E-state index contributed by atoms with van der Waals surface area (Å²) < 4.78 is 8.02. The highest BCUT2D eigenvalue weighted by Gasteiger charge is 2.42. The minimum absolute atomic E-state index is 0.0732. The lowest BCUT2D eigenvalue weighted by molar-refractivity contribution is 0.0583. The van der Waals surface area contributed by atoms with Gasteiger partial charge in [-0.25, -0.2) is 4.98 Å². The Hall–Kier alpha value is -4.18. The molecule has 0 amide bonds. The van der Waals surface area contributed by atoms with Crippen molar-refractivity contribution in [2.24, 2.45) is 0 Å². The summed E-state index contributed by atoms with van der Waals surface area (Å²) in [4.78, 5) is 18.6. The number of fused-ring (bicyclic) bond motifs is 2. The van der Waals surface area contributed by atoms with E-state index in [1.165, 1.54) is 11.1 Å². The summed E-state index contributed by atoms with van der Waals surface area (Å²) in [6, 6.07) is 34.1. The topological polar surface area (TPSA) is 44.1 Å². The number of aromatic nitrogens is 2. The van der Waals surface area contributed by atoms with Crippen LogP contribution >= 0.6 is 0 Å². The lowest BCUT2D eigenvalue weighted by Gasteiger charge is -2.44. The van der Waals surface area contributed by atoms with Crippen molar-refractivity contribution in [2.75, 3.05) is 0 Å². The molecule has 0 N–H and O–H groups in total. The number of para-hydroxylation sites is 2. The number of ether oxygens (including phenoxy) is 1. The van der Waals surface area contributed by atoms with Crippen molar-refractivity contribution in [3.8, 4) is 22.8 Å². The van der Waals surface area contributed by atoms with Crippen molar-refractivity contribution in [1.82, 2.24) is 9.55 Å². The largest absolute Gasteiger partial charge is 0.488 e. The third-order valence-electron chi connectivity index (χ3n) is 7.22. The van der Waals surface area contributed by atoms with Crippen molar-refractivity contribution in [1.29, 1.82) is 0 Å². The third-order valence-corrected chi connectivity index (χ3v) is 7.22. The molecule has 36 heavy (non-hydrogen) atoms. The van der Waals surface area contributed by atoms with Crippen molar-refractivity contribution >= 4 is 10.9 Å². The molecule has 1 unspecified atom stereocenters. The normalized spacial score (nSPS) is 18.4. The zero-order chi connectivity index (χ0) is 24.9. The predicted octanol–water partition coefficient (Wildman–Crippen LogP) is 6.92. The second-order valence-corrected chi connectivity index (χ2v) is 10.4. The van der Waals surface area contributed by atoms with Gasteiger partial charge < -0.3 is 4.74 Å². The van der Waals surface area contributed by atoms with Gasteiger partial charge in [-0.3, -0.25) is 9.36 Å². The van der Waals surface area contributed by atoms with Gasteiger partial charge in [-0.1, -0.05) is 79.7 Å². The molecule has 0 aliphatic carbocycles. The quantitative estimate of drug-likeness (QED) is 0.286. The van der Waals surface area contributed by atoms with Crippen LogP contribution in [0, 0.1) is 0 Å². The lowest BCUT2D eigenvalue weighted by Crippen LogP contribution is -2.43. The monoisotopic (exact) mass is 472 g/mol. The summed E-state index contributed by atoms with van der Waals surface area (Å²) in [5, 5.41) is 0.605. The molecule has 0 saturated heterocycles. The van der Waals surface area contributed by atoms with Gasteiger partial charge in [-0.05, 0) is 49.7 Å². The minimum atomic E-state index is -0.290. The maximum atomic E-state index is 13.7. The van der Waals surface area contributed by atoms with E-state index in [1.54, 1.807) is 4.57 Å². The van der Waals surface area contributed by atoms with Crippen LogP contribution in [0.5, 0.6) is 5.75 Å². The molecular weight excluding hydrogens is 444 g/mol. The number of hydrogen-bond donors (Lipinski definition) is 0. The Bertz CT molecular complexity index is 1640. The fourth-order valence-electron chi connectivity index (χ4n) is 5.68. The zero-order valence-electron chi connectivity index (χ0n) is 20.7. The maximum absolute atomic E-state index is 13.7. The second kappa shape index (κ2) is 8.20.